The van der Waals surface area contributed by atoms with E-state index >= 15 is 0 Å². The molecule has 1 atom stereocenters. The van der Waals surface area contributed by atoms with Crippen LogP contribution in [0, 0.1) is 20.8 Å². The van der Waals surface area contributed by atoms with Crippen LogP contribution in [0.2, 0.25) is 0 Å². The number of hydrogen-bond donors (Lipinski definition) is 0. The molecule has 0 bridgehead atoms. The first-order chi connectivity index (χ1) is 13.4. The molecule has 0 spiro atoms. The lowest BCUT2D eigenvalue weighted by atomic mass is 9.90. The lowest BCUT2D eigenvalue weighted by molar-refractivity contribution is 0.996. The summed E-state index contributed by atoms with van der Waals surface area (Å²) in [4.78, 5) is 0. The van der Waals surface area contributed by atoms with E-state index in [9.17, 15) is 0 Å². The predicted molar refractivity (Wildman–Crippen MR) is 121 cm³/mol. The maximum Gasteiger partial charge on any atom is 0.0296 e. The van der Waals surface area contributed by atoms with Crippen LogP contribution in [0.1, 0.15) is 46.6 Å². The first-order valence-corrected chi connectivity index (χ1v) is 10.0. The molecular weight excluding hydrogens is 336 g/mol. The third-order valence-electron chi connectivity index (χ3n) is 6.17. The molecular formula is C28H28. The Balaban J connectivity index is 1.54. The zero-order valence-corrected chi connectivity index (χ0v) is 17.2. The van der Waals surface area contributed by atoms with Crippen molar-refractivity contribution in [3.63, 3.8) is 0 Å². The summed E-state index contributed by atoms with van der Waals surface area (Å²) >= 11 is 0. The summed E-state index contributed by atoms with van der Waals surface area (Å²) in [5.74, 6) is 0.250. The van der Waals surface area contributed by atoms with E-state index in [1.807, 2.05) is 0 Å². The van der Waals surface area contributed by atoms with Crippen LogP contribution in [0.4, 0.5) is 0 Å². The average Bonchev–Trinajstić information content (AvgIpc) is 3.22. The maximum atomic E-state index is 4.45. The molecule has 2 aromatic carbocycles. The van der Waals surface area contributed by atoms with Gasteiger partial charge in [0.05, 0.1) is 0 Å². The van der Waals surface area contributed by atoms with Crippen LogP contribution in [0.25, 0.3) is 5.57 Å². The first-order valence-electron chi connectivity index (χ1n) is 10.0. The van der Waals surface area contributed by atoms with Gasteiger partial charge in [0.25, 0.3) is 0 Å². The Labute approximate surface area is 169 Å². The summed E-state index contributed by atoms with van der Waals surface area (Å²) in [5, 5.41) is 0. The van der Waals surface area contributed by atoms with Crippen LogP contribution >= 0.6 is 0 Å². The monoisotopic (exact) mass is 364 g/mol. The standard InChI is InChI=1S/C28H28/c1-18-8-6-10-25(14-18)28-20(3)15-26(22(28)5)17-23-12-13-24(16-23)27-11-7-9-19(2)21(27)4/h6-14,17,28H,3,5,15-16H2,1-2,4H3/b26-17+. The summed E-state index contributed by atoms with van der Waals surface area (Å²) < 4.78 is 0. The second-order valence-electron chi connectivity index (χ2n) is 8.23. The van der Waals surface area contributed by atoms with Crippen LogP contribution in [-0.4, -0.2) is 0 Å². The minimum atomic E-state index is 0.250. The Morgan fingerprint density at radius 2 is 1.71 bits per heavy atom. The van der Waals surface area contributed by atoms with E-state index in [1.165, 1.54) is 55.7 Å². The van der Waals surface area contributed by atoms with Crippen molar-refractivity contribution >= 4 is 5.57 Å². The van der Waals surface area contributed by atoms with Crippen LogP contribution in [-0.2, 0) is 0 Å². The normalized spacial score (nSPS) is 20.7. The van der Waals surface area contributed by atoms with E-state index in [0.29, 0.717) is 0 Å². The van der Waals surface area contributed by atoms with Crippen molar-refractivity contribution in [3.05, 3.63) is 124 Å². The van der Waals surface area contributed by atoms with Crippen molar-refractivity contribution in [1.29, 1.82) is 0 Å². The van der Waals surface area contributed by atoms with Crippen LogP contribution in [0.3, 0.4) is 0 Å². The van der Waals surface area contributed by atoms with Gasteiger partial charge in [-0.1, -0.05) is 85.0 Å². The fourth-order valence-corrected chi connectivity index (χ4v) is 4.47. The fourth-order valence-electron chi connectivity index (χ4n) is 4.47. The summed E-state index contributed by atoms with van der Waals surface area (Å²) in [6.07, 6.45) is 8.80. The van der Waals surface area contributed by atoms with Gasteiger partial charge in [0.15, 0.2) is 0 Å². The number of hydrogen-bond acceptors (Lipinski definition) is 0. The van der Waals surface area contributed by atoms with Crippen molar-refractivity contribution < 1.29 is 0 Å². The minimum absolute atomic E-state index is 0.250. The topological polar surface area (TPSA) is 0 Å². The third kappa shape index (κ3) is 3.36. The average molecular weight is 365 g/mol. The SMILES string of the molecule is C=C1C/C(=C\C2=CC=C(c3cccc(C)c3C)C2)C(=C)C1c1cccc(C)c1. The zero-order chi connectivity index (χ0) is 19.8. The van der Waals surface area contributed by atoms with Gasteiger partial charge in [-0.25, -0.2) is 0 Å². The van der Waals surface area contributed by atoms with E-state index < -0.39 is 0 Å². The Hall–Kier alpha value is -2.86. The molecule has 2 aromatic rings. The minimum Gasteiger partial charge on any atom is -0.0986 e. The lowest BCUT2D eigenvalue weighted by Gasteiger charge is -2.14. The third-order valence-corrected chi connectivity index (χ3v) is 6.17. The molecule has 1 fully saturated rings. The molecule has 0 N–H and O–H groups in total. The first kappa shape index (κ1) is 18.5. The summed E-state index contributed by atoms with van der Waals surface area (Å²) in [6.45, 7) is 15.4. The number of allylic oxidation sites excluding steroid dienone is 8. The highest BCUT2D eigenvalue weighted by molar-refractivity contribution is 5.76. The van der Waals surface area contributed by atoms with Crippen molar-refractivity contribution in [1.82, 2.24) is 0 Å². The molecule has 0 nitrogen and oxygen atoms in total. The molecule has 1 saturated carbocycles. The number of benzene rings is 2. The molecule has 28 heavy (non-hydrogen) atoms. The van der Waals surface area contributed by atoms with Gasteiger partial charge in [0.2, 0.25) is 0 Å². The molecule has 0 amide bonds. The van der Waals surface area contributed by atoms with Gasteiger partial charge >= 0.3 is 0 Å². The summed E-state index contributed by atoms with van der Waals surface area (Å²) in [7, 11) is 0. The molecule has 0 radical (unpaired) electrons. The van der Waals surface area contributed by atoms with Crippen molar-refractivity contribution in [2.75, 3.05) is 0 Å². The Bertz CT molecular complexity index is 1070. The molecule has 2 aliphatic rings. The largest absolute Gasteiger partial charge is 0.0986 e. The predicted octanol–water partition coefficient (Wildman–Crippen LogP) is 7.55. The van der Waals surface area contributed by atoms with Gasteiger partial charge in [-0.05, 0) is 78.2 Å². The van der Waals surface area contributed by atoms with Crippen LogP contribution < -0.4 is 0 Å². The highest BCUT2D eigenvalue weighted by Crippen LogP contribution is 2.46. The quantitative estimate of drug-likeness (QED) is 0.493. The van der Waals surface area contributed by atoms with E-state index in [1.54, 1.807) is 0 Å². The van der Waals surface area contributed by atoms with E-state index in [4.69, 9.17) is 0 Å². The fraction of sp³-hybridized carbons (Fsp3) is 0.214. The Morgan fingerprint density at radius 1 is 0.929 bits per heavy atom. The van der Waals surface area contributed by atoms with Crippen molar-refractivity contribution in [2.45, 2.75) is 39.5 Å². The second-order valence-corrected chi connectivity index (χ2v) is 8.23. The smallest absolute Gasteiger partial charge is 0.0296 e. The van der Waals surface area contributed by atoms with Gasteiger partial charge in [-0.2, -0.15) is 0 Å². The summed E-state index contributed by atoms with van der Waals surface area (Å²) in [6, 6.07) is 15.3. The number of aryl methyl sites for hydroxylation is 2. The van der Waals surface area contributed by atoms with Gasteiger partial charge < -0.3 is 0 Å². The maximum absolute atomic E-state index is 4.45. The van der Waals surface area contributed by atoms with E-state index in [-0.39, 0.29) is 5.92 Å². The van der Waals surface area contributed by atoms with Gasteiger partial charge in [-0.15, -0.1) is 0 Å². The van der Waals surface area contributed by atoms with Gasteiger partial charge in [0.1, 0.15) is 0 Å². The molecule has 2 aliphatic carbocycles. The van der Waals surface area contributed by atoms with Crippen LogP contribution in [0.5, 0.6) is 0 Å². The highest BCUT2D eigenvalue weighted by atomic mass is 14.3. The summed E-state index contributed by atoms with van der Waals surface area (Å²) in [5.41, 5.74) is 13.3. The van der Waals surface area contributed by atoms with Gasteiger partial charge in [0, 0.05) is 5.92 Å². The van der Waals surface area contributed by atoms with Crippen molar-refractivity contribution in [3.8, 4) is 0 Å². The molecule has 140 valence electrons. The lowest BCUT2D eigenvalue weighted by Crippen LogP contribution is -1.97. The van der Waals surface area contributed by atoms with Crippen LogP contribution in [0.15, 0.2) is 96.1 Å². The zero-order valence-electron chi connectivity index (χ0n) is 17.2. The van der Waals surface area contributed by atoms with E-state index in [2.05, 4.69) is 94.6 Å². The van der Waals surface area contributed by atoms with E-state index in [0.717, 1.165) is 12.8 Å². The molecule has 4 rings (SSSR count). The Kier molecular flexibility index (Phi) is 4.81. The molecule has 0 saturated heterocycles. The van der Waals surface area contributed by atoms with Gasteiger partial charge in [-0.3, -0.25) is 0 Å². The molecule has 1 unspecified atom stereocenters. The van der Waals surface area contributed by atoms with Crippen molar-refractivity contribution in [2.24, 2.45) is 0 Å². The second kappa shape index (κ2) is 7.28. The number of rotatable bonds is 3. The Morgan fingerprint density at radius 3 is 2.50 bits per heavy atom. The highest BCUT2D eigenvalue weighted by Gasteiger charge is 2.29. The molecule has 0 heteroatoms. The molecule has 0 aromatic heterocycles. The molecule has 0 heterocycles. The molecule has 0 aliphatic heterocycles.